The van der Waals surface area contributed by atoms with Gasteiger partial charge in [0.25, 0.3) is 0 Å². The Balaban J connectivity index is 2.23. The fourth-order valence-corrected chi connectivity index (χ4v) is 3.46. The number of halogens is 1. The molecule has 1 fully saturated rings. The molecule has 1 aromatic carbocycles. The molecular formula is C15H19ClN2O. The van der Waals surface area contributed by atoms with Crippen molar-refractivity contribution in [3.05, 3.63) is 28.8 Å². The van der Waals surface area contributed by atoms with Gasteiger partial charge < -0.3 is 10.5 Å². The van der Waals surface area contributed by atoms with Crippen molar-refractivity contribution in [2.45, 2.75) is 39.8 Å². The van der Waals surface area contributed by atoms with Gasteiger partial charge in [0.15, 0.2) is 0 Å². The third-order valence-electron chi connectivity index (χ3n) is 4.27. The lowest BCUT2D eigenvalue weighted by Gasteiger charge is -2.61. The van der Waals surface area contributed by atoms with Crippen LogP contribution in [0.25, 0.3) is 0 Å². The first-order valence-corrected chi connectivity index (χ1v) is 6.71. The topological polar surface area (TPSA) is 59.0 Å². The minimum Gasteiger partial charge on any atom is -0.489 e. The lowest BCUT2D eigenvalue weighted by Crippen LogP contribution is -2.72. The third kappa shape index (κ3) is 2.09. The summed E-state index contributed by atoms with van der Waals surface area (Å²) in [5, 5.41) is 9.27. The van der Waals surface area contributed by atoms with Crippen LogP contribution in [0.2, 0.25) is 5.02 Å². The number of nitrogens with zero attached hydrogens (tertiary/aromatic N) is 1. The largest absolute Gasteiger partial charge is 0.489 e. The van der Waals surface area contributed by atoms with Crippen LogP contribution in [0.15, 0.2) is 18.2 Å². The number of hydrogen-bond donors (Lipinski definition) is 1. The summed E-state index contributed by atoms with van der Waals surface area (Å²) in [7, 11) is 0. The molecule has 1 aliphatic rings. The average molecular weight is 279 g/mol. The van der Waals surface area contributed by atoms with E-state index >= 15 is 0 Å². The standard InChI is InChI=1S/C15H19ClN2O/c1-14(2)12(18)15(3,4)13(14)19-10-6-5-9(8-17)11(16)7-10/h5-7,12-13H,18H2,1-4H3/t12-,13+. The van der Waals surface area contributed by atoms with E-state index in [0.717, 1.165) is 0 Å². The van der Waals surface area contributed by atoms with Crippen molar-refractivity contribution >= 4 is 11.6 Å². The maximum absolute atomic E-state index is 8.86. The van der Waals surface area contributed by atoms with Crippen molar-refractivity contribution in [1.82, 2.24) is 0 Å². The molecule has 0 aromatic heterocycles. The summed E-state index contributed by atoms with van der Waals surface area (Å²) in [6.07, 6.45) is 0.0269. The van der Waals surface area contributed by atoms with Gasteiger partial charge >= 0.3 is 0 Å². The molecule has 0 unspecified atom stereocenters. The zero-order valence-corrected chi connectivity index (χ0v) is 12.5. The van der Waals surface area contributed by atoms with Crippen LogP contribution in [0.1, 0.15) is 33.3 Å². The minimum absolute atomic E-state index is 0.0269. The molecule has 2 rings (SSSR count). The van der Waals surface area contributed by atoms with E-state index in [1.54, 1.807) is 18.2 Å². The van der Waals surface area contributed by atoms with Gasteiger partial charge in [0.2, 0.25) is 0 Å². The smallest absolute Gasteiger partial charge is 0.121 e. The Kier molecular flexibility index (Phi) is 3.28. The summed E-state index contributed by atoms with van der Waals surface area (Å²) in [5.74, 6) is 0.682. The second-order valence-corrected chi connectivity index (χ2v) is 6.78. The lowest BCUT2D eigenvalue weighted by atomic mass is 9.50. The Morgan fingerprint density at radius 2 is 1.84 bits per heavy atom. The second-order valence-electron chi connectivity index (χ2n) is 6.37. The van der Waals surface area contributed by atoms with Crippen molar-refractivity contribution in [2.75, 3.05) is 0 Å². The summed E-state index contributed by atoms with van der Waals surface area (Å²) in [6.45, 7) is 8.44. The van der Waals surface area contributed by atoms with Crippen molar-refractivity contribution in [2.24, 2.45) is 16.6 Å². The molecule has 0 saturated heterocycles. The molecule has 0 radical (unpaired) electrons. The molecule has 1 aromatic rings. The highest BCUT2D eigenvalue weighted by atomic mass is 35.5. The van der Waals surface area contributed by atoms with E-state index in [1.807, 2.05) is 6.07 Å². The van der Waals surface area contributed by atoms with E-state index in [2.05, 4.69) is 27.7 Å². The normalized spacial score (nSPS) is 27.2. The molecular weight excluding hydrogens is 260 g/mol. The number of hydrogen-bond acceptors (Lipinski definition) is 3. The Labute approximate surface area is 119 Å². The third-order valence-corrected chi connectivity index (χ3v) is 4.58. The van der Waals surface area contributed by atoms with E-state index < -0.39 is 0 Å². The summed E-state index contributed by atoms with van der Waals surface area (Å²) in [5.41, 5.74) is 6.50. The van der Waals surface area contributed by atoms with Crippen LogP contribution in [0.5, 0.6) is 5.75 Å². The van der Waals surface area contributed by atoms with Crippen molar-refractivity contribution < 1.29 is 4.74 Å². The second kappa shape index (κ2) is 4.40. The molecule has 4 heteroatoms. The van der Waals surface area contributed by atoms with Gasteiger partial charge in [-0.25, -0.2) is 0 Å². The molecule has 1 aliphatic carbocycles. The molecule has 19 heavy (non-hydrogen) atoms. The minimum atomic E-state index is -0.0795. The SMILES string of the molecule is CC1(C)[C@H](N)C(C)(C)[C@@H]1Oc1ccc(C#N)c(Cl)c1. The molecule has 0 bridgehead atoms. The number of benzene rings is 1. The van der Waals surface area contributed by atoms with Crippen LogP contribution in [-0.2, 0) is 0 Å². The van der Waals surface area contributed by atoms with Gasteiger partial charge in [-0.2, -0.15) is 5.26 Å². The maximum atomic E-state index is 8.86. The quantitative estimate of drug-likeness (QED) is 0.902. The van der Waals surface area contributed by atoms with Crippen LogP contribution in [0.3, 0.4) is 0 Å². The highest BCUT2D eigenvalue weighted by Crippen LogP contribution is 2.54. The molecule has 0 atom stereocenters. The van der Waals surface area contributed by atoms with Crippen LogP contribution in [-0.4, -0.2) is 12.1 Å². The summed E-state index contributed by atoms with van der Waals surface area (Å²) in [4.78, 5) is 0. The predicted molar refractivity (Wildman–Crippen MR) is 76.1 cm³/mol. The number of nitriles is 1. The highest BCUT2D eigenvalue weighted by Gasteiger charge is 2.61. The van der Waals surface area contributed by atoms with E-state index in [9.17, 15) is 0 Å². The van der Waals surface area contributed by atoms with E-state index in [0.29, 0.717) is 16.3 Å². The molecule has 0 spiro atoms. The molecule has 0 amide bonds. The first-order chi connectivity index (χ1) is 8.71. The monoisotopic (exact) mass is 278 g/mol. The maximum Gasteiger partial charge on any atom is 0.121 e. The molecule has 1 saturated carbocycles. The van der Waals surface area contributed by atoms with E-state index in [1.165, 1.54) is 0 Å². The zero-order valence-electron chi connectivity index (χ0n) is 11.7. The fourth-order valence-electron chi connectivity index (χ4n) is 3.25. The Hall–Kier alpha value is -1.24. The van der Waals surface area contributed by atoms with E-state index in [-0.39, 0.29) is 23.0 Å². The van der Waals surface area contributed by atoms with Crippen LogP contribution >= 0.6 is 11.6 Å². The van der Waals surface area contributed by atoms with Gasteiger partial charge in [-0.1, -0.05) is 39.3 Å². The first-order valence-electron chi connectivity index (χ1n) is 6.33. The number of nitrogens with two attached hydrogens (primary N) is 1. The number of rotatable bonds is 2. The van der Waals surface area contributed by atoms with Crippen molar-refractivity contribution in [1.29, 1.82) is 5.26 Å². The van der Waals surface area contributed by atoms with Gasteiger partial charge in [0.05, 0.1) is 10.6 Å². The van der Waals surface area contributed by atoms with Crippen LogP contribution in [0.4, 0.5) is 0 Å². The molecule has 3 nitrogen and oxygen atoms in total. The summed E-state index contributed by atoms with van der Waals surface area (Å²) >= 11 is 6.02. The van der Waals surface area contributed by atoms with Gasteiger partial charge in [0.1, 0.15) is 17.9 Å². The molecule has 0 heterocycles. The highest BCUT2D eigenvalue weighted by molar-refractivity contribution is 6.31. The zero-order chi connectivity index (χ0) is 14.4. The lowest BCUT2D eigenvalue weighted by molar-refractivity contribution is -0.155. The van der Waals surface area contributed by atoms with Crippen LogP contribution < -0.4 is 10.5 Å². The molecule has 102 valence electrons. The van der Waals surface area contributed by atoms with Crippen molar-refractivity contribution in [3.63, 3.8) is 0 Å². The predicted octanol–water partition coefficient (Wildman–Crippen LogP) is 3.35. The summed E-state index contributed by atoms with van der Waals surface area (Å²) in [6, 6.07) is 7.28. The molecule has 2 N–H and O–H groups in total. The average Bonchev–Trinajstić information content (AvgIpc) is 2.34. The summed E-state index contributed by atoms with van der Waals surface area (Å²) < 4.78 is 6.06. The molecule has 0 aliphatic heterocycles. The van der Waals surface area contributed by atoms with Crippen molar-refractivity contribution in [3.8, 4) is 11.8 Å². The van der Waals surface area contributed by atoms with Gasteiger partial charge in [-0.05, 0) is 12.1 Å². The van der Waals surface area contributed by atoms with Gasteiger partial charge in [0, 0.05) is 22.9 Å². The van der Waals surface area contributed by atoms with Crippen LogP contribution in [0, 0.1) is 22.2 Å². The first kappa shape index (κ1) is 14.2. The van der Waals surface area contributed by atoms with Gasteiger partial charge in [-0.3, -0.25) is 0 Å². The Morgan fingerprint density at radius 3 is 2.32 bits per heavy atom. The van der Waals surface area contributed by atoms with E-state index in [4.69, 9.17) is 27.3 Å². The Morgan fingerprint density at radius 1 is 1.26 bits per heavy atom. The Bertz CT molecular complexity index is 530. The fraction of sp³-hybridized carbons (Fsp3) is 0.533. The van der Waals surface area contributed by atoms with Gasteiger partial charge in [-0.15, -0.1) is 0 Å². The number of ether oxygens (including phenoxy) is 1.